The van der Waals surface area contributed by atoms with Crippen LogP contribution in [0.3, 0.4) is 0 Å². The van der Waals surface area contributed by atoms with Gasteiger partial charge in [-0.25, -0.2) is 12.8 Å². The molecule has 0 saturated carbocycles. The van der Waals surface area contributed by atoms with Crippen molar-refractivity contribution in [3.05, 3.63) is 29.1 Å². The SMILES string of the molecule is O=C1CCc2cc(C(O)C3CCS(=O)(=O)C3)c(F)cc2N1. The van der Waals surface area contributed by atoms with Crippen LogP contribution in [0.4, 0.5) is 10.1 Å². The molecule has 0 bridgehead atoms. The van der Waals surface area contributed by atoms with Crippen molar-refractivity contribution in [2.24, 2.45) is 5.92 Å². The van der Waals surface area contributed by atoms with E-state index in [1.807, 2.05) is 0 Å². The zero-order valence-electron chi connectivity index (χ0n) is 11.3. The number of hydrogen-bond acceptors (Lipinski definition) is 4. The largest absolute Gasteiger partial charge is 0.388 e. The monoisotopic (exact) mass is 313 g/mol. The number of aryl methyl sites for hydroxylation is 1. The van der Waals surface area contributed by atoms with Crippen molar-refractivity contribution >= 4 is 21.4 Å². The molecule has 0 spiro atoms. The van der Waals surface area contributed by atoms with E-state index < -0.39 is 27.7 Å². The number of amides is 1. The van der Waals surface area contributed by atoms with E-state index in [-0.39, 0.29) is 23.0 Å². The van der Waals surface area contributed by atoms with Gasteiger partial charge in [0, 0.05) is 23.6 Å². The first kappa shape index (κ1) is 14.5. The van der Waals surface area contributed by atoms with Gasteiger partial charge in [0.1, 0.15) is 5.82 Å². The third-order valence-corrected chi connectivity index (χ3v) is 5.94. The minimum absolute atomic E-state index is 0.0390. The van der Waals surface area contributed by atoms with E-state index in [0.717, 1.165) is 5.56 Å². The van der Waals surface area contributed by atoms with Gasteiger partial charge in [0.25, 0.3) is 0 Å². The number of fused-ring (bicyclic) bond motifs is 1. The van der Waals surface area contributed by atoms with Gasteiger partial charge < -0.3 is 10.4 Å². The summed E-state index contributed by atoms with van der Waals surface area (Å²) in [6.45, 7) is 0. The summed E-state index contributed by atoms with van der Waals surface area (Å²) in [4.78, 5) is 11.3. The Morgan fingerprint density at radius 3 is 2.76 bits per heavy atom. The van der Waals surface area contributed by atoms with Crippen LogP contribution in [0.5, 0.6) is 0 Å². The fourth-order valence-corrected chi connectivity index (χ4v) is 4.80. The first-order valence-corrected chi connectivity index (χ1v) is 8.68. The van der Waals surface area contributed by atoms with Crippen LogP contribution in [0.15, 0.2) is 12.1 Å². The lowest BCUT2D eigenvalue weighted by Crippen LogP contribution is -2.21. The average molecular weight is 313 g/mol. The van der Waals surface area contributed by atoms with Gasteiger partial charge in [-0.3, -0.25) is 4.79 Å². The number of rotatable bonds is 2. The van der Waals surface area contributed by atoms with Crippen LogP contribution in [-0.2, 0) is 21.1 Å². The van der Waals surface area contributed by atoms with Crippen molar-refractivity contribution in [2.75, 3.05) is 16.8 Å². The molecule has 21 heavy (non-hydrogen) atoms. The van der Waals surface area contributed by atoms with Gasteiger partial charge >= 0.3 is 0 Å². The maximum Gasteiger partial charge on any atom is 0.224 e. The van der Waals surface area contributed by atoms with Crippen LogP contribution in [0.25, 0.3) is 0 Å². The van der Waals surface area contributed by atoms with Crippen molar-refractivity contribution in [2.45, 2.75) is 25.4 Å². The average Bonchev–Trinajstić information content (AvgIpc) is 2.77. The first-order valence-electron chi connectivity index (χ1n) is 6.86. The third kappa shape index (κ3) is 2.80. The summed E-state index contributed by atoms with van der Waals surface area (Å²) in [6.07, 6.45) is 0.0255. The molecule has 2 aliphatic rings. The molecular weight excluding hydrogens is 297 g/mol. The molecule has 1 aromatic rings. The number of nitrogens with one attached hydrogen (secondary N) is 1. The number of hydrogen-bond donors (Lipinski definition) is 2. The second-order valence-electron chi connectivity index (χ2n) is 5.69. The lowest BCUT2D eigenvalue weighted by molar-refractivity contribution is -0.116. The van der Waals surface area contributed by atoms with E-state index in [2.05, 4.69) is 5.32 Å². The van der Waals surface area contributed by atoms with E-state index in [1.54, 1.807) is 6.07 Å². The van der Waals surface area contributed by atoms with Gasteiger partial charge in [0.2, 0.25) is 5.91 Å². The molecule has 1 amide bonds. The predicted octanol–water partition coefficient (Wildman–Crippen LogP) is 1.18. The van der Waals surface area contributed by atoms with E-state index in [0.29, 0.717) is 24.9 Å². The van der Waals surface area contributed by atoms with Gasteiger partial charge in [-0.05, 0) is 30.5 Å². The van der Waals surface area contributed by atoms with E-state index in [9.17, 15) is 22.7 Å². The van der Waals surface area contributed by atoms with E-state index >= 15 is 0 Å². The molecule has 114 valence electrons. The number of anilines is 1. The molecule has 2 aliphatic heterocycles. The maximum absolute atomic E-state index is 14.1. The van der Waals surface area contributed by atoms with Gasteiger partial charge in [-0.2, -0.15) is 0 Å². The zero-order valence-corrected chi connectivity index (χ0v) is 12.1. The van der Waals surface area contributed by atoms with Crippen LogP contribution < -0.4 is 5.32 Å². The first-order chi connectivity index (χ1) is 9.85. The van der Waals surface area contributed by atoms with Crippen LogP contribution in [-0.4, -0.2) is 30.9 Å². The zero-order chi connectivity index (χ0) is 15.2. The molecule has 7 heteroatoms. The van der Waals surface area contributed by atoms with Crippen LogP contribution in [0.1, 0.15) is 30.1 Å². The molecule has 1 aromatic carbocycles. The fraction of sp³-hybridized carbons (Fsp3) is 0.500. The van der Waals surface area contributed by atoms with Crippen molar-refractivity contribution in [1.82, 2.24) is 0 Å². The molecule has 2 N–H and O–H groups in total. The summed E-state index contributed by atoms with van der Waals surface area (Å²) < 4.78 is 37.1. The van der Waals surface area contributed by atoms with Gasteiger partial charge in [0.05, 0.1) is 17.6 Å². The Balaban J connectivity index is 1.90. The van der Waals surface area contributed by atoms with Crippen molar-refractivity contribution in [3.8, 4) is 0 Å². The number of carbonyl (C=O) groups is 1. The van der Waals surface area contributed by atoms with Crippen LogP contribution in [0, 0.1) is 11.7 Å². The highest BCUT2D eigenvalue weighted by molar-refractivity contribution is 7.91. The molecule has 5 nitrogen and oxygen atoms in total. The molecule has 2 unspecified atom stereocenters. The quantitative estimate of drug-likeness (QED) is 0.859. The summed E-state index contributed by atoms with van der Waals surface area (Å²) in [5, 5.41) is 12.9. The summed E-state index contributed by atoms with van der Waals surface area (Å²) >= 11 is 0. The number of benzene rings is 1. The number of sulfone groups is 1. The molecule has 0 radical (unpaired) electrons. The van der Waals surface area contributed by atoms with Gasteiger partial charge in [-0.15, -0.1) is 0 Å². The van der Waals surface area contributed by atoms with Crippen molar-refractivity contribution in [1.29, 1.82) is 0 Å². The Hall–Kier alpha value is -1.47. The Morgan fingerprint density at radius 2 is 2.10 bits per heavy atom. The normalized spacial score (nSPS) is 25.2. The van der Waals surface area contributed by atoms with Crippen LogP contribution in [0.2, 0.25) is 0 Å². The minimum Gasteiger partial charge on any atom is -0.388 e. The van der Waals surface area contributed by atoms with Crippen LogP contribution >= 0.6 is 0 Å². The number of aliphatic hydroxyl groups excluding tert-OH is 1. The number of carbonyl (C=O) groups excluding carboxylic acids is 1. The lowest BCUT2D eigenvalue weighted by Gasteiger charge is -2.22. The molecule has 1 saturated heterocycles. The topological polar surface area (TPSA) is 83.5 Å². The highest BCUT2D eigenvalue weighted by atomic mass is 32.2. The number of aliphatic hydroxyl groups is 1. The summed E-state index contributed by atoms with van der Waals surface area (Å²) in [7, 11) is -3.13. The van der Waals surface area contributed by atoms with E-state index in [1.165, 1.54) is 6.07 Å². The minimum atomic E-state index is -3.13. The van der Waals surface area contributed by atoms with Crippen molar-refractivity contribution < 1.29 is 22.7 Å². The highest BCUT2D eigenvalue weighted by Crippen LogP contribution is 2.35. The molecule has 2 atom stereocenters. The van der Waals surface area contributed by atoms with Crippen molar-refractivity contribution in [3.63, 3.8) is 0 Å². The predicted molar refractivity (Wildman–Crippen MR) is 75.1 cm³/mol. The summed E-state index contributed by atoms with van der Waals surface area (Å²) in [5.74, 6) is -1.32. The summed E-state index contributed by atoms with van der Waals surface area (Å²) in [5.41, 5.74) is 1.32. The number of halogens is 1. The third-order valence-electron chi connectivity index (χ3n) is 4.15. The molecular formula is C14H16FNO4S. The maximum atomic E-state index is 14.1. The highest BCUT2D eigenvalue weighted by Gasteiger charge is 2.35. The second kappa shape index (κ2) is 5.06. The Bertz CT molecular complexity index is 701. The summed E-state index contributed by atoms with van der Waals surface area (Å²) in [6, 6.07) is 2.74. The smallest absolute Gasteiger partial charge is 0.224 e. The fourth-order valence-electron chi connectivity index (χ4n) is 2.97. The van der Waals surface area contributed by atoms with E-state index in [4.69, 9.17) is 0 Å². The standard InChI is InChI=1S/C14H16FNO4S/c15-11-6-12-8(1-2-13(17)16-12)5-10(11)14(18)9-3-4-21(19,20)7-9/h5-6,9,14,18H,1-4,7H2,(H,16,17). The molecule has 0 aliphatic carbocycles. The molecule has 0 aromatic heterocycles. The second-order valence-corrected chi connectivity index (χ2v) is 7.92. The molecule has 3 rings (SSSR count). The Kier molecular flexibility index (Phi) is 3.49. The molecule has 2 heterocycles. The lowest BCUT2D eigenvalue weighted by atomic mass is 9.91. The van der Waals surface area contributed by atoms with Gasteiger partial charge in [-0.1, -0.05) is 0 Å². The molecule has 1 fully saturated rings. The Labute approximate surface area is 122 Å². The Morgan fingerprint density at radius 1 is 1.33 bits per heavy atom. The van der Waals surface area contributed by atoms with Gasteiger partial charge in [0.15, 0.2) is 9.84 Å².